The molecule has 0 aromatic heterocycles. The maximum absolute atomic E-state index is 5.60. The number of nitrogens with one attached hydrogen (secondary N) is 1. The van der Waals surface area contributed by atoms with Crippen molar-refractivity contribution in [3.63, 3.8) is 0 Å². The van der Waals surface area contributed by atoms with Crippen molar-refractivity contribution in [1.29, 1.82) is 0 Å². The highest BCUT2D eigenvalue weighted by Gasteiger charge is 2.25. The van der Waals surface area contributed by atoms with Gasteiger partial charge in [0.05, 0.1) is 19.3 Å². The molecule has 2 heteroatoms. The molecule has 15 heavy (non-hydrogen) atoms. The molecule has 1 saturated carbocycles. The molecule has 0 radical (unpaired) electrons. The SMILES string of the molecule is c1ccc2c(c1)COCC2NCC1CC1. The smallest absolute Gasteiger partial charge is 0.0721 e. The maximum atomic E-state index is 5.60. The number of hydrogen-bond acceptors (Lipinski definition) is 2. The van der Waals surface area contributed by atoms with E-state index in [4.69, 9.17) is 4.74 Å². The van der Waals surface area contributed by atoms with Crippen molar-refractivity contribution < 1.29 is 4.74 Å². The summed E-state index contributed by atoms with van der Waals surface area (Å²) in [6, 6.07) is 9.01. The Hall–Kier alpha value is -0.860. The number of fused-ring (bicyclic) bond motifs is 1. The zero-order valence-corrected chi connectivity index (χ0v) is 8.91. The molecular weight excluding hydrogens is 186 g/mol. The molecule has 1 unspecified atom stereocenters. The zero-order valence-electron chi connectivity index (χ0n) is 8.91. The molecule has 1 fully saturated rings. The van der Waals surface area contributed by atoms with Crippen LogP contribution in [0.1, 0.15) is 30.0 Å². The first kappa shape index (κ1) is 9.37. The maximum Gasteiger partial charge on any atom is 0.0721 e. The molecule has 2 aliphatic rings. The summed E-state index contributed by atoms with van der Waals surface area (Å²) in [5, 5.41) is 3.61. The Labute approximate surface area is 90.6 Å². The van der Waals surface area contributed by atoms with Gasteiger partial charge >= 0.3 is 0 Å². The number of benzene rings is 1. The zero-order chi connectivity index (χ0) is 10.1. The molecule has 0 amide bonds. The molecule has 1 aromatic carbocycles. The fourth-order valence-corrected chi connectivity index (χ4v) is 2.18. The number of hydrogen-bond donors (Lipinski definition) is 1. The van der Waals surface area contributed by atoms with E-state index in [1.807, 2.05) is 0 Å². The fraction of sp³-hybridized carbons (Fsp3) is 0.538. The minimum absolute atomic E-state index is 0.413. The van der Waals surface area contributed by atoms with Crippen LogP contribution in [-0.4, -0.2) is 13.2 Å². The molecule has 1 atom stereocenters. The molecule has 3 rings (SSSR count). The first-order chi connectivity index (χ1) is 7.43. The molecule has 80 valence electrons. The molecule has 0 spiro atoms. The van der Waals surface area contributed by atoms with Crippen molar-refractivity contribution in [2.45, 2.75) is 25.5 Å². The van der Waals surface area contributed by atoms with Gasteiger partial charge in [-0.25, -0.2) is 0 Å². The highest BCUT2D eigenvalue weighted by Crippen LogP contribution is 2.30. The standard InChI is InChI=1S/C13H17NO/c1-2-4-12-11(3-1)8-15-9-13(12)14-7-10-5-6-10/h1-4,10,13-14H,5-9H2. The summed E-state index contributed by atoms with van der Waals surface area (Å²) in [7, 11) is 0. The molecule has 0 bridgehead atoms. The van der Waals surface area contributed by atoms with Gasteiger partial charge in [-0.3, -0.25) is 0 Å². The summed E-state index contributed by atoms with van der Waals surface area (Å²) in [5.74, 6) is 0.930. The van der Waals surface area contributed by atoms with E-state index in [0.29, 0.717) is 6.04 Å². The topological polar surface area (TPSA) is 21.3 Å². The van der Waals surface area contributed by atoms with Crippen molar-refractivity contribution in [2.75, 3.05) is 13.2 Å². The minimum atomic E-state index is 0.413. The molecule has 2 nitrogen and oxygen atoms in total. The number of ether oxygens (including phenoxy) is 1. The molecule has 1 aliphatic heterocycles. The van der Waals surface area contributed by atoms with Crippen molar-refractivity contribution in [3.05, 3.63) is 35.4 Å². The summed E-state index contributed by atoms with van der Waals surface area (Å²) in [4.78, 5) is 0. The van der Waals surface area contributed by atoms with Gasteiger partial charge in [-0.05, 0) is 36.4 Å². The quantitative estimate of drug-likeness (QED) is 0.813. The van der Waals surface area contributed by atoms with Gasteiger partial charge in [0.2, 0.25) is 0 Å². The van der Waals surface area contributed by atoms with E-state index in [1.54, 1.807) is 0 Å². The van der Waals surface area contributed by atoms with Crippen molar-refractivity contribution in [3.8, 4) is 0 Å². The Morgan fingerprint density at radius 3 is 3.00 bits per heavy atom. The molecule has 1 N–H and O–H groups in total. The van der Waals surface area contributed by atoms with Crippen LogP contribution in [0.4, 0.5) is 0 Å². The van der Waals surface area contributed by atoms with Crippen LogP contribution in [0.25, 0.3) is 0 Å². The second-order valence-corrected chi connectivity index (χ2v) is 4.62. The van der Waals surface area contributed by atoms with Crippen LogP contribution in [0, 0.1) is 5.92 Å². The fourth-order valence-electron chi connectivity index (χ4n) is 2.18. The summed E-state index contributed by atoms with van der Waals surface area (Å²) >= 11 is 0. The summed E-state index contributed by atoms with van der Waals surface area (Å²) in [5.41, 5.74) is 2.78. The Morgan fingerprint density at radius 1 is 1.27 bits per heavy atom. The van der Waals surface area contributed by atoms with E-state index in [2.05, 4.69) is 29.6 Å². The summed E-state index contributed by atoms with van der Waals surface area (Å²) < 4.78 is 5.60. The first-order valence-corrected chi connectivity index (χ1v) is 5.82. The van der Waals surface area contributed by atoms with Crippen molar-refractivity contribution >= 4 is 0 Å². The third kappa shape index (κ3) is 2.06. The van der Waals surface area contributed by atoms with Crippen molar-refractivity contribution in [2.24, 2.45) is 5.92 Å². The van der Waals surface area contributed by atoms with Gasteiger partial charge in [0, 0.05) is 0 Å². The molecule has 1 aromatic rings. The predicted octanol–water partition coefficient (Wildman–Crippen LogP) is 2.26. The second kappa shape index (κ2) is 3.95. The normalized spacial score (nSPS) is 24.9. The minimum Gasteiger partial charge on any atom is -0.375 e. The first-order valence-electron chi connectivity index (χ1n) is 5.82. The molecule has 1 aliphatic carbocycles. The van der Waals surface area contributed by atoms with Crippen LogP contribution in [0.3, 0.4) is 0 Å². The van der Waals surface area contributed by atoms with E-state index < -0.39 is 0 Å². The third-order valence-corrected chi connectivity index (χ3v) is 3.32. The third-order valence-electron chi connectivity index (χ3n) is 3.32. The lowest BCUT2D eigenvalue weighted by atomic mass is 9.99. The average Bonchev–Trinajstić information content (AvgIpc) is 3.10. The Bertz CT molecular complexity index is 346. The van der Waals surface area contributed by atoms with Gasteiger partial charge in [-0.1, -0.05) is 24.3 Å². The van der Waals surface area contributed by atoms with Crippen LogP contribution < -0.4 is 5.32 Å². The molecule has 1 heterocycles. The monoisotopic (exact) mass is 203 g/mol. The molecule has 0 saturated heterocycles. The second-order valence-electron chi connectivity index (χ2n) is 4.62. The highest BCUT2D eigenvalue weighted by molar-refractivity contribution is 5.31. The Morgan fingerprint density at radius 2 is 2.13 bits per heavy atom. The summed E-state index contributed by atoms with van der Waals surface area (Å²) in [6.07, 6.45) is 2.81. The summed E-state index contributed by atoms with van der Waals surface area (Å²) in [6.45, 7) is 2.75. The average molecular weight is 203 g/mol. The highest BCUT2D eigenvalue weighted by atomic mass is 16.5. The van der Waals surface area contributed by atoms with Gasteiger partial charge in [-0.15, -0.1) is 0 Å². The van der Waals surface area contributed by atoms with Gasteiger partial charge < -0.3 is 10.1 Å². The van der Waals surface area contributed by atoms with Gasteiger partial charge in [-0.2, -0.15) is 0 Å². The van der Waals surface area contributed by atoms with Crippen molar-refractivity contribution in [1.82, 2.24) is 5.32 Å². The van der Waals surface area contributed by atoms with Gasteiger partial charge in [0.15, 0.2) is 0 Å². The van der Waals surface area contributed by atoms with Gasteiger partial charge in [0.25, 0.3) is 0 Å². The van der Waals surface area contributed by atoms with E-state index in [1.165, 1.54) is 24.0 Å². The van der Waals surface area contributed by atoms with Crippen LogP contribution in [0.15, 0.2) is 24.3 Å². The Balaban J connectivity index is 1.73. The van der Waals surface area contributed by atoms with Crippen LogP contribution in [0.5, 0.6) is 0 Å². The lowest BCUT2D eigenvalue weighted by Crippen LogP contribution is -2.31. The molecular formula is C13H17NO. The van der Waals surface area contributed by atoms with Crippen LogP contribution in [-0.2, 0) is 11.3 Å². The van der Waals surface area contributed by atoms with E-state index in [-0.39, 0.29) is 0 Å². The van der Waals surface area contributed by atoms with Crippen LogP contribution in [0.2, 0.25) is 0 Å². The van der Waals surface area contributed by atoms with E-state index in [0.717, 1.165) is 25.7 Å². The number of rotatable bonds is 3. The lowest BCUT2D eigenvalue weighted by molar-refractivity contribution is 0.0819. The van der Waals surface area contributed by atoms with Crippen LogP contribution >= 0.6 is 0 Å². The lowest BCUT2D eigenvalue weighted by Gasteiger charge is -2.26. The Kier molecular flexibility index (Phi) is 2.47. The predicted molar refractivity (Wildman–Crippen MR) is 59.6 cm³/mol. The van der Waals surface area contributed by atoms with Gasteiger partial charge in [0.1, 0.15) is 0 Å². The largest absolute Gasteiger partial charge is 0.375 e. The van der Waals surface area contributed by atoms with E-state index >= 15 is 0 Å². The van der Waals surface area contributed by atoms with E-state index in [9.17, 15) is 0 Å².